The molecule has 15 nitrogen and oxygen atoms in total. The van der Waals surface area contributed by atoms with Crippen LogP contribution in [0.5, 0.6) is 0 Å². The third-order valence-electron chi connectivity index (χ3n) is 6.61. The van der Waals surface area contributed by atoms with Gasteiger partial charge in [0.25, 0.3) is 0 Å². The van der Waals surface area contributed by atoms with Gasteiger partial charge in [0.1, 0.15) is 24.7 Å². The lowest BCUT2D eigenvalue weighted by Crippen LogP contribution is -2.56. The number of nitrogens with one attached hydrogen (secondary N) is 4. The number of hydrogen-bond donors (Lipinski definition) is 6. The van der Waals surface area contributed by atoms with E-state index in [4.69, 9.17) is 9.47 Å². The molecular formula is C32H40N4O11. The normalized spacial score (nSPS) is 13.2. The highest BCUT2D eigenvalue weighted by Crippen LogP contribution is 2.16. The number of alkyl carbamates (subject to hydrolysis) is 1. The molecular weight excluding hydrogens is 616 g/mol. The van der Waals surface area contributed by atoms with E-state index in [1.165, 1.54) is 12.1 Å². The van der Waals surface area contributed by atoms with Crippen LogP contribution in [0, 0.1) is 5.92 Å². The number of hydrogen-bond acceptors (Lipinski definition) is 9. The van der Waals surface area contributed by atoms with Crippen molar-refractivity contribution in [3.8, 4) is 0 Å². The van der Waals surface area contributed by atoms with E-state index in [1.54, 1.807) is 69.3 Å². The molecule has 47 heavy (non-hydrogen) atoms. The third kappa shape index (κ3) is 13.6. The number of rotatable bonds is 18. The predicted octanol–water partition coefficient (Wildman–Crippen LogP) is 1.67. The average Bonchev–Trinajstić information content (AvgIpc) is 3.01. The molecule has 4 atom stereocenters. The molecule has 0 bridgehead atoms. The standard InChI is InChI=1S/C32H40N4O11/c1-4-46-26(41)16-22(15-24(37)38)33-30(43)27(19(2)3)35-31(44)28(21-13-9-6-10-14-21)36-29(42)23(17-25(39)40)34-32(45)47-18-20-11-7-5-8-12-20/h5-14,19,22-23,27-28H,4,15-18H2,1-3H3,(H,33,43)(H,34,45)(H,35,44)(H,36,42)(H,37,38)(H,39,40)/t22-,23-,27-,28-/m0/s1. The van der Waals surface area contributed by atoms with Gasteiger partial charge in [-0.15, -0.1) is 0 Å². The maximum atomic E-state index is 13.6. The summed E-state index contributed by atoms with van der Waals surface area (Å²) in [6.45, 7) is 4.72. The summed E-state index contributed by atoms with van der Waals surface area (Å²) in [5.41, 5.74) is 0.926. The number of amides is 4. The van der Waals surface area contributed by atoms with Gasteiger partial charge in [0, 0.05) is 6.04 Å². The largest absolute Gasteiger partial charge is 0.481 e. The van der Waals surface area contributed by atoms with Gasteiger partial charge in [0.2, 0.25) is 17.7 Å². The van der Waals surface area contributed by atoms with Crippen molar-refractivity contribution >= 4 is 41.7 Å². The molecule has 254 valence electrons. The van der Waals surface area contributed by atoms with E-state index in [2.05, 4.69) is 21.3 Å². The first kappa shape index (κ1) is 37.7. The number of carboxylic acid groups (broad SMARTS) is 2. The van der Waals surface area contributed by atoms with Crippen molar-refractivity contribution in [3.05, 3.63) is 71.8 Å². The molecule has 2 rings (SSSR count). The molecule has 0 heterocycles. The Morgan fingerprint density at radius 1 is 0.681 bits per heavy atom. The van der Waals surface area contributed by atoms with Crippen molar-refractivity contribution in [2.75, 3.05) is 6.61 Å². The molecule has 0 spiro atoms. The number of carbonyl (C=O) groups excluding carboxylic acids is 5. The minimum absolute atomic E-state index is 0.0571. The number of aliphatic carboxylic acids is 2. The Morgan fingerprint density at radius 3 is 1.83 bits per heavy atom. The Balaban J connectivity index is 2.24. The van der Waals surface area contributed by atoms with Crippen molar-refractivity contribution < 1.29 is 53.2 Å². The second-order valence-electron chi connectivity index (χ2n) is 10.8. The highest BCUT2D eigenvalue weighted by molar-refractivity contribution is 5.95. The Labute approximate surface area is 271 Å². The van der Waals surface area contributed by atoms with Crippen molar-refractivity contribution in [2.24, 2.45) is 5.92 Å². The van der Waals surface area contributed by atoms with Gasteiger partial charge < -0.3 is 41.0 Å². The number of carbonyl (C=O) groups is 7. The maximum Gasteiger partial charge on any atom is 0.408 e. The van der Waals surface area contributed by atoms with Crippen LogP contribution < -0.4 is 21.3 Å². The molecule has 0 fully saturated rings. The van der Waals surface area contributed by atoms with E-state index in [9.17, 15) is 43.8 Å². The molecule has 0 aliphatic carbocycles. The van der Waals surface area contributed by atoms with E-state index in [-0.39, 0.29) is 18.8 Å². The zero-order chi connectivity index (χ0) is 34.9. The number of benzene rings is 2. The minimum Gasteiger partial charge on any atom is -0.481 e. The van der Waals surface area contributed by atoms with E-state index in [0.717, 1.165) is 0 Å². The van der Waals surface area contributed by atoms with Crippen LogP contribution in [-0.2, 0) is 44.8 Å². The average molecular weight is 657 g/mol. The van der Waals surface area contributed by atoms with Gasteiger partial charge in [-0.2, -0.15) is 0 Å². The number of carboxylic acids is 2. The molecule has 0 aromatic heterocycles. The smallest absolute Gasteiger partial charge is 0.408 e. The van der Waals surface area contributed by atoms with Crippen molar-refractivity contribution in [1.29, 1.82) is 0 Å². The molecule has 2 aromatic carbocycles. The SMILES string of the molecule is CCOC(=O)C[C@H](CC(=O)O)NC(=O)[C@@H](NC(=O)[C@@H](NC(=O)[C@H](CC(=O)O)NC(=O)OCc1ccccc1)c1ccccc1)C(C)C. The molecule has 0 aliphatic rings. The zero-order valence-corrected chi connectivity index (χ0v) is 26.3. The Kier molecular flexibility index (Phi) is 15.4. The topological polar surface area (TPSA) is 227 Å². The summed E-state index contributed by atoms with van der Waals surface area (Å²) >= 11 is 0. The molecule has 6 N–H and O–H groups in total. The molecule has 0 saturated heterocycles. The van der Waals surface area contributed by atoms with E-state index >= 15 is 0 Å². The fourth-order valence-corrected chi connectivity index (χ4v) is 4.35. The van der Waals surface area contributed by atoms with Gasteiger partial charge in [-0.05, 0) is 24.0 Å². The van der Waals surface area contributed by atoms with E-state index < -0.39 is 91.1 Å². The van der Waals surface area contributed by atoms with Crippen LogP contribution in [0.25, 0.3) is 0 Å². The summed E-state index contributed by atoms with van der Waals surface area (Å²) in [6, 6.07) is 11.1. The van der Waals surface area contributed by atoms with E-state index in [0.29, 0.717) is 5.56 Å². The molecule has 0 saturated carbocycles. The lowest BCUT2D eigenvalue weighted by atomic mass is 9.99. The molecule has 2 aromatic rings. The summed E-state index contributed by atoms with van der Waals surface area (Å²) in [4.78, 5) is 87.6. The Hall–Kier alpha value is -5.47. The highest BCUT2D eigenvalue weighted by Gasteiger charge is 2.34. The quantitative estimate of drug-likeness (QED) is 0.127. The van der Waals surface area contributed by atoms with Gasteiger partial charge in [0.15, 0.2) is 0 Å². The van der Waals surface area contributed by atoms with Crippen molar-refractivity contribution in [3.63, 3.8) is 0 Å². The van der Waals surface area contributed by atoms with Gasteiger partial charge in [0.05, 0.1) is 25.9 Å². The predicted molar refractivity (Wildman–Crippen MR) is 165 cm³/mol. The van der Waals surface area contributed by atoms with Crippen LogP contribution in [0.15, 0.2) is 60.7 Å². The van der Waals surface area contributed by atoms with Gasteiger partial charge >= 0.3 is 24.0 Å². The second-order valence-corrected chi connectivity index (χ2v) is 10.8. The monoisotopic (exact) mass is 656 g/mol. The Morgan fingerprint density at radius 2 is 1.28 bits per heavy atom. The lowest BCUT2D eigenvalue weighted by Gasteiger charge is -2.28. The lowest BCUT2D eigenvalue weighted by molar-refractivity contribution is -0.145. The summed E-state index contributed by atoms with van der Waals surface area (Å²) in [5, 5.41) is 28.4. The first-order valence-corrected chi connectivity index (χ1v) is 14.8. The Bertz CT molecular complexity index is 1390. The van der Waals surface area contributed by atoms with Crippen LogP contribution in [0.1, 0.15) is 57.2 Å². The summed E-state index contributed by atoms with van der Waals surface area (Å²) in [5.74, 6) is -6.61. The summed E-state index contributed by atoms with van der Waals surface area (Å²) in [7, 11) is 0. The molecule has 0 unspecified atom stereocenters. The van der Waals surface area contributed by atoms with Crippen LogP contribution in [0.4, 0.5) is 4.79 Å². The van der Waals surface area contributed by atoms with Gasteiger partial charge in [-0.3, -0.25) is 28.8 Å². The van der Waals surface area contributed by atoms with Gasteiger partial charge in [-0.1, -0.05) is 74.5 Å². The molecule has 4 amide bonds. The van der Waals surface area contributed by atoms with Gasteiger partial charge in [-0.25, -0.2) is 4.79 Å². The number of esters is 1. The maximum absolute atomic E-state index is 13.6. The summed E-state index contributed by atoms with van der Waals surface area (Å²) < 4.78 is 9.98. The summed E-state index contributed by atoms with van der Waals surface area (Å²) in [6.07, 6.45) is -2.90. The molecule has 15 heteroatoms. The fourth-order valence-electron chi connectivity index (χ4n) is 4.35. The zero-order valence-electron chi connectivity index (χ0n) is 26.3. The van der Waals surface area contributed by atoms with Crippen molar-refractivity contribution in [1.82, 2.24) is 21.3 Å². The first-order valence-electron chi connectivity index (χ1n) is 14.8. The van der Waals surface area contributed by atoms with E-state index in [1.807, 2.05) is 0 Å². The number of ether oxygens (including phenoxy) is 2. The highest BCUT2D eigenvalue weighted by atomic mass is 16.5. The minimum atomic E-state index is -1.64. The van der Waals surface area contributed by atoms with Crippen LogP contribution in [-0.4, -0.2) is 76.7 Å². The first-order chi connectivity index (χ1) is 22.3. The third-order valence-corrected chi connectivity index (χ3v) is 6.61. The van der Waals surface area contributed by atoms with Crippen LogP contribution >= 0.6 is 0 Å². The second kappa shape index (κ2) is 19.1. The van der Waals surface area contributed by atoms with Crippen LogP contribution in [0.2, 0.25) is 0 Å². The molecule has 0 radical (unpaired) electrons. The van der Waals surface area contributed by atoms with Crippen molar-refractivity contribution in [2.45, 2.75) is 70.8 Å². The fraction of sp³-hybridized carbons (Fsp3) is 0.406. The van der Waals surface area contributed by atoms with Crippen LogP contribution in [0.3, 0.4) is 0 Å². The molecule has 0 aliphatic heterocycles.